The number of nitrogens with zero attached hydrogens (tertiary/aromatic N) is 2. The number of likely N-dealkylation sites (tertiary alicyclic amines) is 1. The maximum atomic E-state index is 12.8. The lowest BCUT2D eigenvalue weighted by Crippen LogP contribution is -2.47. The van der Waals surface area contributed by atoms with Crippen LogP contribution in [0.4, 0.5) is 0 Å². The molecular formula is C25H30N4O2. The zero-order valence-electron chi connectivity index (χ0n) is 18.0. The average molecular weight is 419 g/mol. The van der Waals surface area contributed by atoms with Gasteiger partial charge in [0.2, 0.25) is 5.91 Å². The fourth-order valence-corrected chi connectivity index (χ4v) is 5.41. The molecule has 0 saturated carbocycles. The molecule has 0 bridgehead atoms. The van der Waals surface area contributed by atoms with Crippen LogP contribution in [0, 0.1) is 0 Å². The molecule has 0 spiro atoms. The van der Waals surface area contributed by atoms with Crippen molar-refractivity contribution in [2.75, 3.05) is 19.6 Å². The Balaban J connectivity index is 1.17. The minimum Gasteiger partial charge on any atom is -0.352 e. The van der Waals surface area contributed by atoms with Gasteiger partial charge in [0.05, 0.1) is 17.6 Å². The summed E-state index contributed by atoms with van der Waals surface area (Å²) in [5.41, 5.74) is 4.59. The van der Waals surface area contributed by atoms with E-state index in [1.54, 1.807) is 0 Å². The van der Waals surface area contributed by atoms with Crippen molar-refractivity contribution in [3.05, 3.63) is 70.1 Å². The highest BCUT2D eigenvalue weighted by Gasteiger charge is 2.29. The number of piperidine rings is 1. The highest BCUT2D eigenvalue weighted by atomic mass is 16.2. The van der Waals surface area contributed by atoms with E-state index in [1.165, 1.54) is 11.1 Å². The molecule has 31 heavy (non-hydrogen) atoms. The summed E-state index contributed by atoms with van der Waals surface area (Å²) in [5, 5.41) is 3.29. The number of hydrogen-bond acceptors (Lipinski definition) is 3. The predicted molar refractivity (Wildman–Crippen MR) is 122 cm³/mol. The van der Waals surface area contributed by atoms with Gasteiger partial charge in [0.25, 0.3) is 0 Å². The van der Waals surface area contributed by atoms with Gasteiger partial charge in [0.1, 0.15) is 0 Å². The van der Waals surface area contributed by atoms with Crippen molar-refractivity contribution in [3.8, 4) is 0 Å². The number of H-pyrrole nitrogens is 1. The summed E-state index contributed by atoms with van der Waals surface area (Å²) in [6.07, 6.45) is 3.77. The van der Waals surface area contributed by atoms with E-state index in [1.807, 2.05) is 28.8 Å². The van der Waals surface area contributed by atoms with E-state index < -0.39 is 0 Å². The smallest absolute Gasteiger partial charge is 0.326 e. The number of aromatic amines is 1. The van der Waals surface area contributed by atoms with Crippen LogP contribution in [-0.4, -0.2) is 46.0 Å². The molecule has 2 aliphatic rings. The van der Waals surface area contributed by atoms with Crippen LogP contribution in [0.2, 0.25) is 0 Å². The van der Waals surface area contributed by atoms with Crippen molar-refractivity contribution in [1.29, 1.82) is 0 Å². The molecule has 5 rings (SSSR count). The van der Waals surface area contributed by atoms with E-state index in [2.05, 4.69) is 46.4 Å². The Labute approximate surface area is 182 Å². The summed E-state index contributed by atoms with van der Waals surface area (Å²) in [7, 11) is 0. The molecule has 1 fully saturated rings. The van der Waals surface area contributed by atoms with Crippen LogP contribution in [0.3, 0.4) is 0 Å². The van der Waals surface area contributed by atoms with Gasteiger partial charge in [-0.1, -0.05) is 43.3 Å². The largest absolute Gasteiger partial charge is 0.352 e. The summed E-state index contributed by atoms with van der Waals surface area (Å²) in [5.74, 6) is 0.451. The number of fused-ring (bicyclic) bond motifs is 2. The lowest BCUT2D eigenvalue weighted by molar-refractivity contribution is -0.123. The molecule has 1 aliphatic carbocycles. The normalized spacial score (nSPS) is 22.4. The van der Waals surface area contributed by atoms with Gasteiger partial charge in [-0.2, -0.15) is 0 Å². The third-order valence-corrected chi connectivity index (χ3v) is 7.13. The van der Waals surface area contributed by atoms with Gasteiger partial charge in [0.15, 0.2) is 0 Å². The van der Waals surface area contributed by atoms with Crippen molar-refractivity contribution < 1.29 is 4.79 Å². The second-order valence-electron chi connectivity index (χ2n) is 9.02. The minimum absolute atomic E-state index is 0.0380. The Hall–Kier alpha value is -2.86. The summed E-state index contributed by atoms with van der Waals surface area (Å²) >= 11 is 0. The maximum absolute atomic E-state index is 12.8. The van der Waals surface area contributed by atoms with E-state index in [4.69, 9.17) is 0 Å². The second-order valence-corrected chi connectivity index (χ2v) is 9.02. The minimum atomic E-state index is -0.0380. The predicted octanol–water partition coefficient (Wildman–Crippen LogP) is 3.20. The number of hydrogen-bond donors (Lipinski definition) is 2. The van der Waals surface area contributed by atoms with E-state index in [-0.39, 0.29) is 23.7 Å². The first-order chi connectivity index (χ1) is 15.1. The van der Waals surface area contributed by atoms with Crippen LogP contribution in [0.1, 0.15) is 49.3 Å². The lowest BCUT2D eigenvalue weighted by Gasteiger charge is -2.34. The van der Waals surface area contributed by atoms with E-state index in [0.717, 1.165) is 49.8 Å². The van der Waals surface area contributed by atoms with Crippen LogP contribution in [0.15, 0.2) is 53.3 Å². The third-order valence-electron chi connectivity index (χ3n) is 7.13. The summed E-state index contributed by atoms with van der Waals surface area (Å²) in [6, 6.07) is 16.8. The van der Waals surface area contributed by atoms with Gasteiger partial charge < -0.3 is 10.3 Å². The van der Waals surface area contributed by atoms with Gasteiger partial charge in [-0.25, -0.2) is 4.79 Å². The van der Waals surface area contributed by atoms with Crippen molar-refractivity contribution in [1.82, 2.24) is 19.8 Å². The highest BCUT2D eigenvalue weighted by Crippen LogP contribution is 2.31. The number of carbonyl (C=O) groups is 1. The molecular weight excluding hydrogens is 388 g/mol. The number of benzene rings is 2. The van der Waals surface area contributed by atoms with E-state index in [0.29, 0.717) is 12.5 Å². The van der Waals surface area contributed by atoms with Gasteiger partial charge in [0, 0.05) is 31.1 Å². The Morgan fingerprint density at radius 1 is 1.06 bits per heavy atom. The van der Waals surface area contributed by atoms with Crippen molar-refractivity contribution >= 4 is 16.9 Å². The van der Waals surface area contributed by atoms with Crippen molar-refractivity contribution in [3.63, 3.8) is 0 Å². The monoisotopic (exact) mass is 418 g/mol. The topological polar surface area (TPSA) is 70.1 Å². The quantitative estimate of drug-likeness (QED) is 0.684. The van der Waals surface area contributed by atoms with Crippen molar-refractivity contribution in [2.45, 2.75) is 50.6 Å². The van der Waals surface area contributed by atoms with E-state index in [9.17, 15) is 9.59 Å². The highest BCUT2D eigenvalue weighted by molar-refractivity contribution is 5.78. The first-order valence-electron chi connectivity index (χ1n) is 11.4. The third kappa shape index (κ3) is 3.92. The first kappa shape index (κ1) is 20.1. The molecule has 6 nitrogen and oxygen atoms in total. The molecule has 1 aromatic heterocycles. The summed E-state index contributed by atoms with van der Waals surface area (Å²) < 4.78 is 1.90. The molecule has 2 aromatic carbocycles. The van der Waals surface area contributed by atoms with Crippen molar-refractivity contribution in [2.24, 2.45) is 0 Å². The zero-order chi connectivity index (χ0) is 21.4. The number of nitrogens with one attached hydrogen (secondary N) is 2. The van der Waals surface area contributed by atoms with Crippen LogP contribution in [0.5, 0.6) is 0 Å². The SMILES string of the molecule is CC1c2ccccc2CCC1NC(=O)CN1CCC(n2c(=O)[nH]c3ccccc32)CC1. The second kappa shape index (κ2) is 8.35. The summed E-state index contributed by atoms with van der Waals surface area (Å²) in [6.45, 7) is 4.30. The Morgan fingerprint density at radius 2 is 1.81 bits per heavy atom. The molecule has 1 aliphatic heterocycles. The molecule has 0 radical (unpaired) electrons. The molecule has 6 heteroatoms. The molecule has 2 unspecified atom stereocenters. The Morgan fingerprint density at radius 3 is 2.65 bits per heavy atom. The first-order valence-corrected chi connectivity index (χ1v) is 11.4. The van der Waals surface area contributed by atoms with Crippen LogP contribution in [-0.2, 0) is 11.2 Å². The number of imidazole rings is 1. The van der Waals surface area contributed by atoms with Crippen LogP contribution < -0.4 is 11.0 Å². The van der Waals surface area contributed by atoms with Crippen LogP contribution in [0.25, 0.3) is 11.0 Å². The maximum Gasteiger partial charge on any atom is 0.326 e. The zero-order valence-corrected chi connectivity index (χ0v) is 18.0. The Kier molecular flexibility index (Phi) is 5.40. The summed E-state index contributed by atoms with van der Waals surface area (Å²) in [4.78, 5) is 30.4. The van der Waals surface area contributed by atoms with Gasteiger partial charge >= 0.3 is 5.69 Å². The number of aryl methyl sites for hydroxylation is 1. The number of aromatic nitrogens is 2. The number of rotatable bonds is 4. The average Bonchev–Trinajstić information content (AvgIpc) is 3.12. The number of amides is 1. The number of carbonyl (C=O) groups excluding carboxylic acids is 1. The van der Waals surface area contributed by atoms with E-state index >= 15 is 0 Å². The molecule has 162 valence electrons. The molecule has 3 aromatic rings. The lowest BCUT2D eigenvalue weighted by atomic mass is 9.80. The van der Waals surface area contributed by atoms with Crippen LogP contribution >= 0.6 is 0 Å². The Bertz CT molecular complexity index is 1140. The standard InChI is InChI=1S/C25H30N4O2/c1-17-20-7-3-2-6-18(20)10-11-21(17)26-24(30)16-28-14-12-19(13-15-28)29-23-9-5-4-8-22(23)27-25(29)31/h2-9,17,19,21H,10-16H2,1H3,(H,26,30)(H,27,31). The molecule has 2 atom stereocenters. The van der Waals surface area contributed by atoms with Gasteiger partial charge in [-0.05, 0) is 48.9 Å². The van der Waals surface area contributed by atoms with Gasteiger partial charge in [-0.3, -0.25) is 14.3 Å². The molecule has 1 saturated heterocycles. The number of para-hydroxylation sites is 2. The fraction of sp³-hybridized carbons (Fsp3) is 0.440. The molecule has 2 N–H and O–H groups in total. The van der Waals surface area contributed by atoms with Gasteiger partial charge in [-0.15, -0.1) is 0 Å². The fourth-order valence-electron chi connectivity index (χ4n) is 5.41. The molecule has 1 amide bonds. The molecule has 2 heterocycles.